The molecule has 2 aromatic rings. The molecule has 0 radical (unpaired) electrons. The zero-order chi connectivity index (χ0) is 15.6. The summed E-state index contributed by atoms with van der Waals surface area (Å²) in [5, 5.41) is 7.40. The van der Waals surface area contributed by atoms with E-state index in [-0.39, 0.29) is 5.54 Å². The number of halogens is 2. The molecule has 0 saturated heterocycles. The van der Waals surface area contributed by atoms with Gasteiger partial charge in [0.25, 0.3) is 0 Å². The highest BCUT2D eigenvalue weighted by atomic mass is 35.5. The quantitative estimate of drug-likeness (QED) is 0.829. The van der Waals surface area contributed by atoms with Crippen molar-refractivity contribution in [1.82, 2.24) is 9.97 Å². The Balaban J connectivity index is 2.30. The summed E-state index contributed by atoms with van der Waals surface area (Å²) in [7, 11) is 0. The molecule has 0 spiro atoms. The number of hydrogen-bond acceptors (Lipinski definition) is 4. The van der Waals surface area contributed by atoms with Crippen LogP contribution in [-0.4, -0.2) is 15.5 Å². The number of hydrogen-bond donors (Lipinski definition) is 2. The highest BCUT2D eigenvalue weighted by molar-refractivity contribution is 6.43. The van der Waals surface area contributed by atoms with Crippen molar-refractivity contribution in [3.63, 3.8) is 0 Å². The van der Waals surface area contributed by atoms with Gasteiger partial charge < -0.3 is 10.6 Å². The van der Waals surface area contributed by atoms with Crippen molar-refractivity contribution in [3.8, 4) is 0 Å². The number of aromatic nitrogens is 2. The standard InChI is InChI=1S/C15H18Cl2N4/c1-9-8-12(20-14(18-9)21-15(2,3)4)19-11-7-5-6-10(16)13(11)17/h5-8H,1-4H3,(H2,18,19,20,21). The van der Waals surface area contributed by atoms with Crippen LogP contribution in [0.15, 0.2) is 24.3 Å². The Kier molecular flexibility index (Phi) is 4.59. The SMILES string of the molecule is Cc1cc(Nc2cccc(Cl)c2Cl)nc(NC(C)(C)C)n1. The summed E-state index contributed by atoms with van der Waals surface area (Å²) < 4.78 is 0. The third-order valence-electron chi connectivity index (χ3n) is 2.56. The molecule has 0 bridgehead atoms. The minimum Gasteiger partial charge on any atom is -0.350 e. The van der Waals surface area contributed by atoms with Crippen LogP contribution in [0.1, 0.15) is 26.5 Å². The largest absolute Gasteiger partial charge is 0.350 e. The van der Waals surface area contributed by atoms with Gasteiger partial charge in [0.2, 0.25) is 5.95 Å². The van der Waals surface area contributed by atoms with Crippen LogP contribution in [0.5, 0.6) is 0 Å². The van der Waals surface area contributed by atoms with E-state index >= 15 is 0 Å². The van der Waals surface area contributed by atoms with Crippen molar-refractivity contribution >= 4 is 40.7 Å². The van der Waals surface area contributed by atoms with Crippen LogP contribution in [0.25, 0.3) is 0 Å². The average Bonchev–Trinajstić information content (AvgIpc) is 2.32. The maximum Gasteiger partial charge on any atom is 0.225 e. The van der Waals surface area contributed by atoms with Gasteiger partial charge in [-0.15, -0.1) is 0 Å². The summed E-state index contributed by atoms with van der Waals surface area (Å²) in [5.41, 5.74) is 1.46. The van der Waals surface area contributed by atoms with Gasteiger partial charge in [-0.2, -0.15) is 4.98 Å². The van der Waals surface area contributed by atoms with E-state index in [1.165, 1.54) is 0 Å². The summed E-state index contributed by atoms with van der Waals surface area (Å²) >= 11 is 12.2. The molecule has 0 amide bonds. The predicted molar refractivity (Wildman–Crippen MR) is 89.9 cm³/mol. The first kappa shape index (κ1) is 15.9. The maximum atomic E-state index is 6.18. The molecule has 21 heavy (non-hydrogen) atoms. The van der Waals surface area contributed by atoms with E-state index in [2.05, 4.69) is 41.4 Å². The first-order chi connectivity index (χ1) is 9.74. The summed E-state index contributed by atoms with van der Waals surface area (Å²) in [4.78, 5) is 8.83. The molecular weight excluding hydrogens is 307 g/mol. The number of nitrogens with one attached hydrogen (secondary N) is 2. The first-order valence-corrected chi connectivity index (χ1v) is 7.35. The van der Waals surface area contributed by atoms with Gasteiger partial charge in [-0.3, -0.25) is 0 Å². The molecule has 2 rings (SSSR count). The average molecular weight is 325 g/mol. The molecule has 4 nitrogen and oxygen atoms in total. The highest BCUT2D eigenvalue weighted by Crippen LogP contribution is 2.31. The second-order valence-electron chi connectivity index (χ2n) is 5.82. The first-order valence-electron chi connectivity index (χ1n) is 6.59. The Hall–Kier alpha value is -1.52. The second kappa shape index (κ2) is 6.08. The zero-order valence-corrected chi connectivity index (χ0v) is 14.0. The van der Waals surface area contributed by atoms with Crippen molar-refractivity contribution in [1.29, 1.82) is 0 Å². The molecule has 1 aromatic heterocycles. The molecule has 1 aromatic carbocycles. The van der Waals surface area contributed by atoms with Crippen molar-refractivity contribution < 1.29 is 0 Å². The number of rotatable bonds is 3. The van der Waals surface area contributed by atoms with Crippen LogP contribution in [0.3, 0.4) is 0 Å². The molecule has 112 valence electrons. The van der Waals surface area contributed by atoms with E-state index < -0.39 is 0 Å². The topological polar surface area (TPSA) is 49.8 Å². The molecule has 0 unspecified atom stereocenters. The zero-order valence-electron chi connectivity index (χ0n) is 12.5. The van der Waals surface area contributed by atoms with E-state index in [0.29, 0.717) is 27.5 Å². The minimum atomic E-state index is -0.112. The van der Waals surface area contributed by atoms with Gasteiger partial charge >= 0.3 is 0 Å². The van der Waals surface area contributed by atoms with Gasteiger partial charge in [-0.1, -0.05) is 29.3 Å². The third-order valence-corrected chi connectivity index (χ3v) is 3.37. The number of nitrogens with zero attached hydrogens (tertiary/aromatic N) is 2. The molecule has 1 heterocycles. The molecule has 0 aliphatic rings. The lowest BCUT2D eigenvalue weighted by molar-refractivity contribution is 0.625. The third kappa shape index (κ3) is 4.48. The van der Waals surface area contributed by atoms with E-state index in [4.69, 9.17) is 23.2 Å². The van der Waals surface area contributed by atoms with Crippen molar-refractivity contribution in [2.75, 3.05) is 10.6 Å². The number of anilines is 3. The molecule has 2 N–H and O–H groups in total. The Morgan fingerprint density at radius 3 is 2.48 bits per heavy atom. The fourth-order valence-corrected chi connectivity index (χ4v) is 2.11. The van der Waals surface area contributed by atoms with Crippen LogP contribution in [0.4, 0.5) is 17.5 Å². The van der Waals surface area contributed by atoms with Crippen molar-refractivity contribution in [2.45, 2.75) is 33.2 Å². The highest BCUT2D eigenvalue weighted by Gasteiger charge is 2.13. The molecule has 0 aliphatic heterocycles. The summed E-state index contributed by atoms with van der Waals surface area (Å²) in [6.07, 6.45) is 0. The molecule has 0 saturated carbocycles. The Morgan fingerprint density at radius 1 is 1.10 bits per heavy atom. The Bertz CT molecular complexity index is 651. The summed E-state index contributed by atoms with van der Waals surface area (Å²) in [5.74, 6) is 1.24. The lowest BCUT2D eigenvalue weighted by Gasteiger charge is -2.21. The minimum absolute atomic E-state index is 0.112. The van der Waals surface area contributed by atoms with Crippen LogP contribution in [0, 0.1) is 6.92 Å². The van der Waals surface area contributed by atoms with E-state index in [1.807, 2.05) is 25.1 Å². The molecular formula is C15H18Cl2N4. The van der Waals surface area contributed by atoms with Gasteiger partial charge in [-0.05, 0) is 39.8 Å². The summed E-state index contributed by atoms with van der Waals surface area (Å²) in [6.45, 7) is 8.08. The lowest BCUT2D eigenvalue weighted by Crippen LogP contribution is -2.27. The van der Waals surface area contributed by atoms with Crippen LogP contribution in [-0.2, 0) is 0 Å². The fourth-order valence-electron chi connectivity index (χ4n) is 1.76. The number of benzene rings is 1. The number of aryl methyl sites for hydroxylation is 1. The van der Waals surface area contributed by atoms with Crippen molar-refractivity contribution in [3.05, 3.63) is 40.0 Å². The molecule has 0 aliphatic carbocycles. The normalized spacial score (nSPS) is 11.3. The Labute approximate surface area is 134 Å². The summed E-state index contributed by atoms with van der Waals surface area (Å²) in [6, 6.07) is 7.28. The van der Waals surface area contributed by atoms with Gasteiger partial charge in [0.1, 0.15) is 5.82 Å². The smallest absolute Gasteiger partial charge is 0.225 e. The van der Waals surface area contributed by atoms with Crippen LogP contribution >= 0.6 is 23.2 Å². The van der Waals surface area contributed by atoms with Crippen LogP contribution < -0.4 is 10.6 Å². The second-order valence-corrected chi connectivity index (χ2v) is 6.60. The molecule has 0 atom stereocenters. The van der Waals surface area contributed by atoms with Gasteiger partial charge in [0.15, 0.2) is 0 Å². The molecule has 6 heteroatoms. The van der Waals surface area contributed by atoms with E-state index in [9.17, 15) is 0 Å². The van der Waals surface area contributed by atoms with Crippen molar-refractivity contribution in [2.24, 2.45) is 0 Å². The van der Waals surface area contributed by atoms with E-state index in [0.717, 1.165) is 5.69 Å². The Morgan fingerprint density at radius 2 is 1.81 bits per heavy atom. The maximum absolute atomic E-state index is 6.18. The van der Waals surface area contributed by atoms with Gasteiger partial charge in [0, 0.05) is 17.3 Å². The van der Waals surface area contributed by atoms with E-state index in [1.54, 1.807) is 6.07 Å². The van der Waals surface area contributed by atoms with Gasteiger partial charge in [-0.25, -0.2) is 4.98 Å². The lowest BCUT2D eigenvalue weighted by atomic mass is 10.1. The molecule has 0 fully saturated rings. The predicted octanol–water partition coefficient (Wildman–Crippen LogP) is 5.05. The van der Waals surface area contributed by atoms with Gasteiger partial charge in [0.05, 0.1) is 15.7 Å². The fraction of sp³-hybridized carbons (Fsp3) is 0.333. The monoisotopic (exact) mass is 324 g/mol. The van der Waals surface area contributed by atoms with Crippen LogP contribution in [0.2, 0.25) is 10.0 Å².